The minimum absolute atomic E-state index is 0. The van der Waals surface area contributed by atoms with Crippen LogP contribution in [-0.4, -0.2) is 22.9 Å². The fraction of sp³-hybridized carbons (Fsp3) is 1.00. The number of hydrogen-bond acceptors (Lipinski definition) is 4. The first-order chi connectivity index (χ1) is 11.5. The summed E-state index contributed by atoms with van der Waals surface area (Å²) in [5, 5.41) is 0. The highest BCUT2D eigenvalue weighted by atomic mass is 31.2. The monoisotopic (exact) mass is 384 g/mol. The maximum atomic E-state index is 10.1. The van der Waals surface area contributed by atoms with E-state index in [0.717, 1.165) is 32.2 Å². The molecule has 0 spiro atoms. The van der Waals surface area contributed by atoms with Gasteiger partial charge in [-0.05, 0) is 19.4 Å². The zero-order valence-electron chi connectivity index (χ0n) is 16.8. The second kappa shape index (κ2) is 24.0. The Kier molecular flexibility index (Phi) is 28.6. The van der Waals surface area contributed by atoms with Crippen LogP contribution in [0.1, 0.15) is 104 Å². The van der Waals surface area contributed by atoms with Crippen molar-refractivity contribution in [1.29, 1.82) is 0 Å². The Hall–Kier alpha value is 0.0300. The van der Waals surface area contributed by atoms with Crippen molar-refractivity contribution in [3.8, 4) is 0 Å². The van der Waals surface area contributed by atoms with Crippen LogP contribution in [0, 0.1) is 0 Å². The Morgan fingerprint density at radius 2 is 1.08 bits per heavy atom. The third-order valence-corrected chi connectivity index (χ3v) is 4.33. The molecule has 25 heavy (non-hydrogen) atoms. The molecule has 0 saturated heterocycles. The molecule has 7 N–H and O–H groups in total. The highest BCUT2D eigenvalue weighted by Gasteiger charge is 2.11. The Balaban J connectivity index is -0.000000377. The summed E-state index contributed by atoms with van der Waals surface area (Å²) in [7, 11) is -4.21. The van der Waals surface area contributed by atoms with Crippen molar-refractivity contribution in [3.05, 3.63) is 0 Å². The van der Waals surface area contributed by atoms with Crippen LogP contribution in [0.15, 0.2) is 0 Å². The number of rotatable bonds is 16. The lowest BCUT2D eigenvalue weighted by atomic mass is 10.1. The highest BCUT2D eigenvalue weighted by molar-refractivity contribution is 7.46. The Bertz CT molecular complexity index is 266. The van der Waals surface area contributed by atoms with E-state index in [0.29, 0.717) is 0 Å². The van der Waals surface area contributed by atoms with E-state index in [1.165, 1.54) is 64.2 Å². The van der Waals surface area contributed by atoms with Crippen LogP contribution in [0.4, 0.5) is 0 Å². The topological polar surface area (TPSA) is 128 Å². The lowest BCUT2D eigenvalue weighted by Gasteiger charge is -2.03. The third-order valence-electron chi connectivity index (χ3n) is 3.82. The number of phosphoric ester groups is 1. The zero-order chi connectivity index (χ0) is 18.5. The van der Waals surface area contributed by atoms with Crippen LogP contribution >= 0.6 is 7.82 Å². The van der Waals surface area contributed by atoms with Gasteiger partial charge in [-0.2, -0.15) is 0 Å². The summed E-state index contributed by atoms with van der Waals surface area (Å²) < 4.78 is 14.4. The molecular formula is C18H45N2O4P. The average Bonchev–Trinajstić information content (AvgIpc) is 2.53. The normalized spacial score (nSPS) is 10.8. The molecule has 6 nitrogen and oxygen atoms in total. The minimum atomic E-state index is -4.21. The van der Waals surface area contributed by atoms with E-state index in [1.807, 2.05) is 0 Å². The van der Waals surface area contributed by atoms with Crippen molar-refractivity contribution < 1.29 is 18.9 Å². The van der Waals surface area contributed by atoms with E-state index in [9.17, 15) is 4.57 Å². The van der Waals surface area contributed by atoms with E-state index < -0.39 is 7.82 Å². The molecule has 0 aromatic carbocycles. The van der Waals surface area contributed by atoms with Crippen LogP contribution in [0.2, 0.25) is 0 Å². The molecule has 156 valence electrons. The summed E-state index contributed by atoms with van der Waals surface area (Å²) in [6.07, 6.45) is 17.8. The van der Waals surface area contributed by atoms with Gasteiger partial charge in [-0.25, -0.2) is 4.57 Å². The Labute approximate surface area is 156 Å². The van der Waals surface area contributed by atoms with Gasteiger partial charge in [0.1, 0.15) is 0 Å². The molecule has 0 rings (SSSR count). The largest absolute Gasteiger partial charge is 0.469 e. The zero-order valence-corrected chi connectivity index (χ0v) is 17.7. The molecule has 0 bridgehead atoms. The first kappa shape index (κ1) is 29.8. The molecule has 0 atom stereocenters. The fourth-order valence-electron chi connectivity index (χ4n) is 2.34. The molecule has 0 radical (unpaired) electrons. The Morgan fingerprint density at radius 1 is 0.720 bits per heavy atom. The van der Waals surface area contributed by atoms with Gasteiger partial charge < -0.3 is 21.7 Å². The lowest BCUT2D eigenvalue weighted by molar-refractivity contribution is 0.193. The molecule has 0 aromatic rings. The summed E-state index contributed by atoms with van der Waals surface area (Å²) >= 11 is 0. The SMILES string of the molecule is CCCCCCCCCCCCN.CCCCCCOP(=O)(O)O.N. The minimum Gasteiger partial charge on any atom is -0.344 e. The van der Waals surface area contributed by atoms with Crippen molar-refractivity contribution in [2.75, 3.05) is 13.2 Å². The van der Waals surface area contributed by atoms with Crippen molar-refractivity contribution in [1.82, 2.24) is 6.15 Å². The second-order valence-electron chi connectivity index (χ2n) is 6.36. The van der Waals surface area contributed by atoms with Crippen molar-refractivity contribution in [3.63, 3.8) is 0 Å². The number of unbranched alkanes of at least 4 members (excludes halogenated alkanes) is 12. The summed E-state index contributed by atoms with van der Waals surface area (Å²) in [5.74, 6) is 0. The van der Waals surface area contributed by atoms with Gasteiger partial charge in [-0.1, -0.05) is 90.9 Å². The van der Waals surface area contributed by atoms with E-state index in [1.54, 1.807) is 0 Å². The fourth-order valence-corrected chi connectivity index (χ4v) is 2.71. The molecule has 0 aromatic heterocycles. The van der Waals surface area contributed by atoms with Gasteiger partial charge in [0.25, 0.3) is 0 Å². The van der Waals surface area contributed by atoms with Gasteiger partial charge in [0.05, 0.1) is 6.61 Å². The molecule has 0 amide bonds. The summed E-state index contributed by atoms with van der Waals surface area (Å²) in [6, 6.07) is 0. The number of nitrogens with two attached hydrogens (primary N) is 1. The van der Waals surface area contributed by atoms with Crippen molar-refractivity contribution >= 4 is 7.82 Å². The number of phosphoric acid groups is 1. The van der Waals surface area contributed by atoms with E-state index in [2.05, 4.69) is 18.4 Å². The smallest absolute Gasteiger partial charge is 0.344 e. The van der Waals surface area contributed by atoms with Crippen molar-refractivity contribution in [2.45, 2.75) is 104 Å². The molecule has 0 aliphatic rings. The second-order valence-corrected chi connectivity index (χ2v) is 7.59. The van der Waals surface area contributed by atoms with E-state index in [4.69, 9.17) is 15.5 Å². The van der Waals surface area contributed by atoms with Gasteiger partial charge in [0.15, 0.2) is 0 Å². The van der Waals surface area contributed by atoms with Crippen LogP contribution in [0.5, 0.6) is 0 Å². The van der Waals surface area contributed by atoms with Gasteiger partial charge in [-0.3, -0.25) is 4.52 Å². The first-order valence-electron chi connectivity index (χ1n) is 9.88. The molecule has 0 aliphatic heterocycles. The first-order valence-corrected chi connectivity index (χ1v) is 11.4. The van der Waals surface area contributed by atoms with Gasteiger partial charge >= 0.3 is 7.82 Å². The van der Waals surface area contributed by atoms with E-state index >= 15 is 0 Å². The average molecular weight is 385 g/mol. The van der Waals surface area contributed by atoms with Gasteiger partial charge in [0.2, 0.25) is 0 Å². The predicted molar refractivity (Wildman–Crippen MR) is 108 cm³/mol. The predicted octanol–water partition coefficient (Wildman–Crippen LogP) is 5.70. The Morgan fingerprint density at radius 3 is 1.44 bits per heavy atom. The maximum Gasteiger partial charge on any atom is 0.469 e. The molecule has 0 aliphatic carbocycles. The molecule has 0 unspecified atom stereocenters. The standard InChI is InChI=1S/C12H27N.C6H15O4P.H3N/c1-2-3-4-5-6-7-8-9-10-11-12-13;1-2-3-4-5-6-10-11(7,8)9;/h2-13H2,1H3;2-6H2,1H3,(H2,7,8,9);1H3. The number of hydrogen-bond donors (Lipinski definition) is 4. The van der Waals surface area contributed by atoms with E-state index in [-0.39, 0.29) is 12.8 Å². The van der Waals surface area contributed by atoms with Gasteiger partial charge in [-0.15, -0.1) is 0 Å². The summed E-state index contributed by atoms with van der Waals surface area (Å²) in [5.41, 5.74) is 5.42. The van der Waals surface area contributed by atoms with Crippen LogP contribution < -0.4 is 11.9 Å². The third kappa shape index (κ3) is 35.9. The molecule has 0 saturated carbocycles. The lowest BCUT2D eigenvalue weighted by Crippen LogP contribution is -1.97. The molecular weight excluding hydrogens is 339 g/mol. The maximum absolute atomic E-state index is 10.1. The highest BCUT2D eigenvalue weighted by Crippen LogP contribution is 2.35. The summed E-state index contributed by atoms with van der Waals surface area (Å²) in [4.78, 5) is 16.5. The van der Waals surface area contributed by atoms with Gasteiger partial charge in [0, 0.05) is 0 Å². The van der Waals surface area contributed by atoms with Crippen LogP contribution in [-0.2, 0) is 9.09 Å². The van der Waals surface area contributed by atoms with Crippen molar-refractivity contribution in [2.24, 2.45) is 5.73 Å². The van der Waals surface area contributed by atoms with Crippen LogP contribution in [0.25, 0.3) is 0 Å². The van der Waals surface area contributed by atoms with Crippen LogP contribution in [0.3, 0.4) is 0 Å². The molecule has 7 heteroatoms. The quantitative estimate of drug-likeness (QED) is 0.199. The summed E-state index contributed by atoms with van der Waals surface area (Å²) in [6.45, 7) is 5.37. The molecule has 0 heterocycles. The molecule has 0 fully saturated rings.